The third-order valence-corrected chi connectivity index (χ3v) is 2.37. The Hall–Kier alpha value is -1.99. The maximum absolute atomic E-state index is 12.1. The molecular weight excluding hydrogens is 277 g/mol. The fourth-order valence-corrected chi connectivity index (χ4v) is 1.52. The van der Waals surface area contributed by atoms with Crippen LogP contribution in [0.4, 0.5) is 24.5 Å². The highest BCUT2D eigenvalue weighted by Gasteiger charge is 2.27. The summed E-state index contributed by atoms with van der Waals surface area (Å²) in [6, 6.07) is 4.27. The molecule has 5 nitrogen and oxygen atoms in total. The number of para-hydroxylation sites is 1. The molecule has 0 aliphatic heterocycles. The van der Waals surface area contributed by atoms with Gasteiger partial charge in [0.15, 0.2) is 5.75 Å². The van der Waals surface area contributed by atoms with E-state index in [4.69, 9.17) is 4.74 Å². The molecule has 8 heteroatoms. The number of nitro groups is 1. The first-order chi connectivity index (χ1) is 9.35. The van der Waals surface area contributed by atoms with E-state index in [9.17, 15) is 23.3 Å². The van der Waals surface area contributed by atoms with Crippen molar-refractivity contribution in [2.45, 2.75) is 25.9 Å². The summed E-state index contributed by atoms with van der Waals surface area (Å²) in [5.41, 5.74) is -0.323. The Bertz CT molecular complexity index is 464. The number of nitro benzene ring substituents is 1. The number of anilines is 1. The average Bonchev–Trinajstić information content (AvgIpc) is 2.34. The highest BCUT2D eigenvalue weighted by molar-refractivity contribution is 5.68. The smallest absolute Gasteiger partial charge is 0.390 e. The lowest BCUT2D eigenvalue weighted by atomic mass is 10.2. The molecular formula is C12H15F3N2O3. The van der Waals surface area contributed by atoms with Crippen LogP contribution < -0.4 is 10.1 Å². The van der Waals surface area contributed by atoms with E-state index in [2.05, 4.69) is 5.32 Å². The van der Waals surface area contributed by atoms with Crippen LogP contribution in [0.5, 0.6) is 5.75 Å². The van der Waals surface area contributed by atoms with Crippen LogP contribution in [0, 0.1) is 10.1 Å². The van der Waals surface area contributed by atoms with Crippen LogP contribution in [0.15, 0.2) is 18.2 Å². The SMILES string of the molecule is CCCOc1cccc(NCCC(F)(F)F)c1[N+](=O)[O-]. The van der Waals surface area contributed by atoms with E-state index in [0.717, 1.165) is 0 Å². The standard InChI is InChI=1S/C12H15F3N2O3/c1-2-8-20-10-5-3-4-9(11(10)17(18)19)16-7-6-12(13,14)15/h3-5,16H,2,6-8H2,1H3. The number of halogens is 3. The second-order valence-corrected chi connectivity index (χ2v) is 4.05. The van der Waals surface area contributed by atoms with E-state index >= 15 is 0 Å². The van der Waals surface area contributed by atoms with Gasteiger partial charge in [0.05, 0.1) is 18.0 Å². The highest BCUT2D eigenvalue weighted by atomic mass is 19.4. The zero-order chi connectivity index (χ0) is 15.2. The predicted octanol–water partition coefficient (Wildman–Crippen LogP) is 3.75. The quantitative estimate of drug-likeness (QED) is 0.614. The molecule has 112 valence electrons. The summed E-state index contributed by atoms with van der Waals surface area (Å²) in [6.07, 6.45) is -4.70. The molecule has 0 amide bonds. The molecule has 0 radical (unpaired) electrons. The predicted molar refractivity (Wildman–Crippen MR) is 68.0 cm³/mol. The molecule has 1 rings (SSSR count). The third kappa shape index (κ3) is 4.94. The van der Waals surface area contributed by atoms with E-state index in [1.165, 1.54) is 18.2 Å². The summed E-state index contributed by atoms with van der Waals surface area (Å²) in [7, 11) is 0. The molecule has 0 saturated heterocycles. The Balaban J connectivity index is 2.86. The summed E-state index contributed by atoms with van der Waals surface area (Å²) in [5, 5.41) is 13.5. The van der Waals surface area contributed by atoms with Crippen molar-refractivity contribution < 1.29 is 22.8 Å². The molecule has 0 aliphatic rings. The fourth-order valence-electron chi connectivity index (χ4n) is 1.52. The summed E-state index contributed by atoms with van der Waals surface area (Å²) in [5.74, 6) is 0.0499. The average molecular weight is 292 g/mol. The fraction of sp³-hybridized carbons (Fsp3) is 0.500. The number of nitrogens with zero attached hydrogens (tertiary/aromatic N) is 1. The van der Waals surface area contributed by atoms with Crippen LogP contribution in [0.1, 0.15) is 19.8 Å². The summed E-state index contributed by atoms with van der Waals surface area (Å²) >= 11 is 0. The summed E-state index contributed by atoms with van der Waals surface area (Å²) in [4.78, 5) is 10.4. The number of hydrogen-bond acceptors (Lipinski definition) is 4. The van der Waals surface area contributed by atoms with Gasteiger partial charge in [0, 0.05) is 6.54 Å². The minimum Gasteiger partial charge on any atom is -0.487 e. The first-order valence-electron chi connectivity index (χ1n) is 6.06. The molecule has 0 aromatic heterocycles. The minimum absolute atomic E-state index is 0.0212. The van der Waals surface area contributed by atoms with Gasteiger partial charge in [-0.05, 0) is 18.6 Å². The molecule has 0 saturated carbocycles. The first-order valence-corrected chi connectivity index (χ1v) is 6.06. The van der Waals surface area contributed by atoms with Crippen molar-refractivity contribution in [1.82, 2.24) is 0 Å². The van der Waals surface area contributed by atoms with Crippen molar-refractivity contribution in [3.05, 3.63) is 28.3 Å². The van der Waals surface area contributed by atoms with Crippen molar-refractivity contribution in [2.75, 3.05) is 18.5 Å². The van der Waals surface area contributed by atoms with Gasteiger partial charge in [0.25, 0.3) is 0 Å². The topological polar surface area (TPSA) is 64.4 Å². The lowest BCUT2D eigenvalue weighted by Crippen LogP contribution is -2.15. The lowest BCUT2D eigenvalue weighted by molar-refractivity contribution is -0.385. The van der Waals surface area contributed by atoms with Crippen LogP contribution in [0.3, 0.4) is 0 Å². The van der Waals surface area contributed by atoms with Gasteiger partial charge in [-0.2, -0.15) is 13.2 Å². The maximum Gasteiger partial charge on any atom is 0.390 e. The van der Waals surface area contributed by atoms with Crippen LogP contribution in [-0.2, 0) is 0 Å². The van der Waals surface area contributed by atoms with E-state index < -0.39 is 24.1 Å². The van der Waals surface area contributed by atoms with Crippen LogP contribution >= 0.6 is 0 Å². The number of nitrogens with one attached hydrogen (secondary N) is 1. The Morgan fingerprint density at radius 2 is 2.10 bits per heavy atom. The molecule has 1 aromatic carbocycles. The van der Waals surface area contributed by atoms with Crippen LogP contribution in [0.2, 0.25) is 0 Å². The van der Waals surface area contributed by atoms with E-state index in [-0.39, 0.29) is 17.1 Å². The van der Waals surface area contributed by atoms with Crippen LogP contribution in [-0.4, -0.2) is 24.3 Å². The van der Waals surface area contributed by atoms with Crippen LogP contribution in [0.25, 0.3) is 0 Å². The van der Waals surface area contributed by atoms with E-state index in [0.29, 0.717) is 13.0 Å². The molecule has 0 aliphatic carbocycles. The van der Waals surface area contributed by atoms with Crippen molar-refractivity contribution in [3.63, 3.8) is 0 Å². The zero-order valence-corrected chi connectivity index (χ0v) is 10.9. The number of ether oxygens (including phenoxy) is 1. The number of rotatable bonds is 7. The van der Waals surface area contributed by atoms with E-state index in [1.807, 2.05) is 6.92 Å². The Labute approximate surface area is 113 Å². The minimum atomic E-state index is -4.31. The molecule has 1 N–H and O–H groups in total. The monoisotopic (exact) mass is 292 g/mol. The Kier molecular flexibility index (Phi) is 5.60. The van der Waals surface area contributed by atoms with Crippen molar-refractivity contribution in [1.29, 1.82) is 0 Å². The number of hydrogen-bond donors (Lipinski definition) is 1. The van der Waals surface area contributed by atoms with Gasteiger partial charge in [-0.25, -0.2) is 0 Å². The van der Waals surface area contributed by atoms with Gasteiger partial charge in [0.1, 0.15) is 5.69 Å². The van der Waals surface area contributed by atoms with Gasteiger partial charge in [0.2, 0.25) is 0 Å². The van der Waals surface area contributed by atoms with Crippen molar-refractivity contribution in [3.8, 4) is 5.75 Å². The molecule has 0 fully saturated rings. The maximum atomic E-state index is 12.1. The normalized spacial score (nSPS) is 11.2. The molecule has 0 spiro atoms. The largest absolute Gasteiger partial charge is 0.487 e. The zero-order valence-electron chi connectivity index (χ0n) is 10.9. The van der Waals surface area contributed by atoms with Crippen molar-refractivity contribution >= 4 is 11.4 Å². The Morgan fingerprint density at radius 3 is 2.65 bits per heavy atom. The first kappa shape index (κ1) is 16.1. The Morgan fingerprint density at radius 1 is 1.40 bits per heavy atom. The van der Waals surface area contributed by atoms with Gasteiger partial charge in [-0.3, -0.25) is 10.1 Å². The molecule has 1 aromatic rings. The van der Waals surface area contributed by atoms with Crippen molar-refractivity contribution in [2.24, 2.45) is 0 Å². The lowest BCUT2D eigenvalue weighted by Gasteiger charge is -2.11. The van der Waals surface area contributed by atoms with Gasteiger partial charge < -0.3 is 10.1 Å². The summed E-state index contributed by atoms with van der Waals surface area (Å²) in [6.45, 7) is 1.71. The number of benzene rings is 1. The number of alkyl halides is 3. The molecule has 0 heterocycles. The van der Waals surface area contributed by atoms with Gasteiger partial charge in [-0.15, -0.1) is 0 Å². The second-order valence-electron chi connectivity index (χ2n) is 4.05. The highest BCUT2D eigenvalue weighted by Crippen LogP contribution is 2.35. The molecule has 20 heavy (non-hydrogen) atoms. The summed E-state index contributed by atoms with van der Waals surface area (Å²) < 4.78 is 41.4. The second kappa shape index (κ2) is 6.97. The third-order valence-electron chi connectivity index (χ3n) is 2.37. The molecule has 0 bridgehead atoms. The molecule has 0 unspecified atom stereocenters. The molecule has 0 atom stereocenters. The van der Waals surface area contributed by atoms with Gasteiger partial charge >= 0.3 is 11.9 Å². The van der Waals surface area contributed by atoms with E-state index in [1.54, 1.807) is 0 Å². The van der Waals surface area contributed by atoms with Gasteiger partial charge in [-0.1, -0.05) is 13.0 Å².